The van der Waals surface area contributed by atoms with Gasteiger partial charge in [0.1, 0.15) is 20.3 Å². The number of esters is 1. The summed E-state index contributed by atoms with van der Waals surface area (Å²) in [7, 11) is -1.76. The van der Waals surface area contributed by atoms with Gasteiger partial charge in [0.05, 0.1) is 22.2 Å². The Morgan fingerprint density at radius 2 is 2.00 bits per heavy atom. The monoisotopic (exact) mass is 501 g/mol. The molecule has 2 rings (SSSR count). The average molecular weight is 501 g/mol. The second-order valence-corrected chi connectivity index (χ2v) is 14.8. The number of carbonyl (C=O) groups excluding carboxylic acids is 1. The second-order valence-electron chi connectivity index (χ2n) is 8.65. The fourth-order valence-electron chi connectivity index (χ4n) is 2.74. The highest BCUT2D eigenvalue weighted by Crippen LogP contribution is 2.35. The summed E-state index contributed by atoms with van der Waals surface area (Å²) >= 11 is 2.09. The van der Waals surface area contributed by atoms with Gasteiger partial charge in [-0.25, -0.2) is 0 Å². The van der Waals surface area contributed by atoms with Crippen LogP contribution in [0.1, 0.15) is 51.7 Å². The highest BCUT2D eigenvalue weighted by Gasteiger charge is 2.38. The van der Waals surface area contributed by atoms with Crippen LogP contribution in [0.3, 0.4) is 0 Å². The number of hydrogen-bond acceptors (Lipinski definition) is 4. The number of aliphatic hydroxyl groups is 1. The predicted molar refractivity (Wildman–Crippen MR) is 117 cm³/mol. The van der Waals surface area contributed by atoms with Gasteiger partial charge in [-0.05, 0) is 45.7 Å². The van der Waals surface area contributed by atoms with E-state index in [4.69, 9.17) is 4.74 Å². The average Bonchev–Trinajstić information content (AvgIpc) is 2.67. The van der Waals surface area contributed by atoms with Gasteiger partial charge in [0.2, 0.25) is 0 Å². The fraction of sp³-hybridized carbons (Fsp3) is 0.600. The number of fused-ring (bicyclic) bond motifs is 1. The molecule has 1 aromatic heterocycles. The molecule has 1 atom stereocenters. The summed E-state index contributed by atoms with van der Waals surface area (Å²) in [6, 6.07) is 1.79. The van der Waals surface area contributed by atoms with Crippen LogP contribution in [-0.2, 0) is 28.3 Å². The van der Waals surface area contributed by atoms with E-state index in [9.17, 15) is 14.7 Å². The number of halogens is 1. The van der Waals surface area contributed by atoms with Crippen molar-refractivity contribution in [1.82, 2.24) is 4.57 Å². The minimum atomic E-state index is -1.76. The van der Waals surface area contributed by atoms with Crippen LogP contribution in [0.25, 0.3) is 0 Å². The summed E-state index contributed by atoms with van der Waals surface area (Å²) in [5, 5.41) is 11.1. The second kappa shape index (κ2) is 7.72. The molecule has 148 valence electrons. The molecule has 0 saturated heterocycles. The van der Waals surface area contributed by atoms with Crippen molar-refractivity contribution in [2.75, 3.05) is 0 Å². The van der Waals surface area contributed by atoms with Crippen LogP contribution in [0.15, 0.2) is 10.9 Å². The molecule has 2 heterocycles. The smallest absolute Gasteiger partial charge is 0.309 e. The first-order valence-electron chi connectivity index (χ1n) is 9.13. The number of hydrogen-bond donors (Lipinski definition) is 1. The normalized spacial score (nSPS) is 20.2. The van der Waals surface area contributed by atoms with Gasteiger partial charge in [0, 0.05) is 0 Å². The Balaban J connectivity index is 2.49. The van der Waals surface area contributed by atoms with Gasteiger partial charge in [-0.15, -0.1) is 5.54 Å². The molecule has 1 aliphatic rings. The van der Waals surface area contributed by atoms with Gasteiger partial charge in [-0.2, -0.15) is 0 Å². The molecule has 5 nitrogen and oxygen atoms in total. The van der Waals surface area contributed by atoms with Crippen molar-refractivity contribution in [2.24, 2.45) is 0 Å². The summed E-state index contributed by atoms with van der Waals surface area (Å²) in [4.78, 5) is 24.9. The summed E-state index contributed by atoms with van der Waals surface area (Å²) in [5.74, 6) is 2.70. The molecule has 0 spiro atoms. The molecule has 7 heteroatoms. The van der Waals surface area contributed by atoms with Crippen LogP contribution in [0, 0.1) is 15.2 Å². The van der Waals surface area contributed by atoms with E-state index in [1.165, 1.54) is 0 Å². The Morgan fingerprint density at radius 1 is 1.37 bits per heavy atom. The highest BCUT2D eigenvalue weighted by atomic mass is 127. The van der Waals surface area contributed by atoms with Crippen LogP contribution in [0.5, 0.6) is 0 Å². The van der Waals surface area contributed by atoms with E-state index in [0.717, 1.165) is 0 Å². The first-order chi connectivity index (χ1) is 12.3. The molecule has 0 fully saturated rings. The third-order valence-corrected chi connectivity index (χ3v) is 11.2. The predicted octanol–water partition coefficient (Wildman–Crippen LogP) is 3.55. The fourth-order valence-corrected chi connectivity index (χ4v) is 4.34. The lowest BCUT2D eigenvalue weighted by atomic mass is 9.86. The maximum atomic E-state index is 13.0. The number of nitrogens with zero attached hydrogens (tertiary/aromatic N) is 1. The molecule has 27 heavy (non-hydrogen) atoms. The van der Waals surface area contributed by atoms with Gasteiger partial charge in [0.15, 0.2) is 0 Å². The molecule has 0 bridgehead atoms. The van der Waals surface area contributed by atoms with Gasteiger partial charge in [-0.1, -0.05) is 46.7 Å². The minimum absolute atomic E-state index is 0.109. The van der Waals surface area contributed by atoms with Crippen LogP contribution >= 0.6 is 22.6 Å². The van der Waals surface area contributed by atoms with E-state index < -0.39 is 19.6 Å². The standard InChI is InChI=1S/C20H28INO4Si/c1-7-20(25)12-17(23)26-13-14-15(20)11-16(21)22(18(14)24)9-8-10-27(5,6)19(2,3)4/h11,25H,7,9,12-13H2,1-6H3. The van der Waals surface area contributed by atoms with E-state index in [1.807, 2.05) is 0 Å². The van der Waals surface area contributed by atoms with E-state index in [2.05, 4.69) is 67.9 Å². The highest BCUT2D eigenvalue weighted by molar-refractivity contribution is 14.1. The number of pyridine rings is 1. The van der Waals surface area contributed by atoms with Crippen molar-refractivity contribution in [1.29, 1.82) is 0 Å². The maximum absolute atomic E-state index is 13.0. The molecule has 1 N–H and O–H groups in total. The molecular formula is C20H28INO4Si. The van der Waals surface area contributed by atoms with E-state index >= 15 is 0 Å². The summed E-state index contributed by atoms with van der Waals surface area (Å²) in [6.45, 7) is 13.0. The minimum Gasteiger partial charge on any atom is -0.460 e. The van der Waals surface area contributed by atoms with Crippen molar-refractivity contribution >= 4 is 36.6 Å². The maximum Gasteiger partial charge on any atom is 0.309 e. The van der Waals surface area contributed by atoms with Gasteiger partial charge in [-0.3, -0.25) is 14.2 Å². The molecule has 1 aliphatic heterocycles. The molecule has 0 radical (unpaired) electrons. The Labute approximate surface area is 175 Å². The number of cyclic esters (lactones) is 1. The van der Waals surface area contributed by atoms with Crippen LogP contribution < -0.4 is 5.56 Å². The van der Waals surface area contributed by atoms with Crippen molar-refractivity contribution in [3.63, 3.8) is 0 Å². The Bertz CT molecular complexity index is 873. The molecule has 1 aromatic rings. The number of rotatable bonds is 2. The van der Waals surface area contributed by atoms with Crippen LogP contribution in [0.4, 0.5) is 0 Å². The van der Waals surface area contributed by atoms with Gasteiger partial charge in [0.25, 0.3) is 5.56 Å². The zero-order valence-corrected chi connectivity index (χ0v) is 20.1. The van der Waals surface area contributed by atoms with E-state index in [0.29, 0.717) is 21.2 Å². The molecule has 1 unspecified atom stereocenters. The Hall–Kier alpha value is -1.11. The van der Waals surface area contributed by atoms with Crippen LogP contribution in [0.2, 0.25) is 18.1 Å². The number of ether oxygens (including phenoxy) is 1. The topological polar surface area (TPSA) is 68.5 Å². The Kier molecular flexibility index (Phi) is 6.34. The number of carbonyl (C=O) groups is 1. The molecule has 0 aliphatic carbocycles. The summed E-state index contributed by atoms with van der Waals surface area (Å²) in [5.41, 5.74) is 2.65. The number of aromatic nitrogens is 1. The summed E-state index contributed by atoms with van der Waals surface area (Å²) in [6.07, 6.45) is 0.195. The molecular weight excluding hydrogens is 473 g/mol. The van der Waals surface area contributed by atoms with Crippen LogP contribution in [-0.4, -0.2) is 23.7 Å². The largest absolute Gasteiger partial charge is 0.460 e. The van der Waals surface area contributed by atoms with E-state index in [1.54, 1.807) is 17.6 Å². The third-order valence-electron chi connectivity index (χ3n) is 5.76. The molecule has 0 aromatic carbocycles. The van der Waals surface area contributed by atoms with Gasteiger partial charge < -0.3 is 9.84 Å². The zero-order valence-electron chi connectivity index (χ0n) is 16.9. The van der Waals surface area contributed by atoms with E-state index in [-0.39, 0.29) is 30.2 Å². The lowest BCUT2D eigenvalue weighted by molar-refractivity contribution is -0.149. The van der Waals surface area contributed by atoms with Crippen molar-refractivity contribution in [3.05, 3.63) is 31.2 Å². The first-order valence-corrected chi connectivity index (χ1v) is 13.2. The first kappa shape index (κ1) is 22.2. The molecule has 0 saturated carbocycles. The lowest BCUT2D eigenvalue weighted by Gasteiger charge is -2.31. The van der Waals surface area contributed by atoms with Crippen molar-refractivity contribution < 1.29 is 14.6 Å². The lowest BCUT2D eigenvalue weighted by Crippen LogP contribution is -2.36. The summed E-state index contributed by atoms with van der Waals surface area (Å²) < 4.78 is 7.45. The quantitative estimate of drug-likeness (QED) is 0.221. The Morgan fingerprint density at radius 3 is 2.56 bits per heavy atom. The zero-order chi connectivity index (χ0) is 20.6. The van der Waals surface area contributed by atoms with Crippen molar-refractivity contribution in [3.8, 4) is 11.5 Å². The third kappa shape index (κ3) is 4.49. The molecule has 0 amide bonds. The van der Waals surface area contributed by atoms with Gasteiger partial charge >= 0.3 is 5.97 Å². The van der Waals surface area contributed by atoms with Crippen molar-refractivity contribution in [2.45, 2.75) is 77.4 Å². The SMILES string of the molecule is CCC1(O)CC(=O)OCc2c1cc(I)n(CC#C[Si](C)(C)C(C)(C)C)c2=O.